The predicted molar refractivity (Wildman–Crippen MR) is 183 cm³/mol. The Morgan fingerprint density at radius 3 is 2.51 bits per heavy atom. The van der Waals surface area contributed by atoms with E-state index < -0.39 is 5.60 Å². The van der Waals surface area contributed by atoms with Gasteiger partial charge in [0.25, 0.3) is 0 Å². The predicted octanol–water partition coefficient (Wildman–Crippen LogP) is 4.36. The van der Waals surface area contributed by atoms with E-state index in [1.54, 1.807) is 28.2 Å². The minimum absolute atomic E-state index is 0.0529. The second-order valence-corrected chi connectivity index (χ2v) is 12.9. The molecule has 2 saturated heterocycles. The summed E-state index contributed by atoms with van der Waals surface area (Å²) in [5.41, 5.74) is 2.83. The van der Waals surface area contributed by atoms with E-state index >= 15 is 0 Å². The molecule has 1 aromatic carbocycles. The highest BCUT2D eigenvalue weighted by Crippen LogP contribution is 2.33. The van der Waals surface area contributed by atoms with E-state index in [4.69, 9.17) is 14.7 Å². The van der Waals surface area contributed by atoms with E-state index in [1.807, 2.05) is 55.7 Å². The van der Waals surface area contributed by atoms with E-state index in [9.17, 15) is 14.9 Å². The number of hydrogen-bond donors (Lipinski definition) is 3. The lowest BCUT2D eigenvalue weighted by molar-refractivity contribution is 0.0365. The number of benzene rings is 1. The van der Waals surface area contributed by atoms with Crippen molar-refractivity contribution in [1.82, 2.24) is 35.4 Å². The highest BCUT2D eigenvalue weighted by Gasteiger charge is 2.43. The summed E-state index contributed by atoms with van der Waals surface area (Å²) in [6.07, 6.45) is 11.1. The van der Waals surface area contributed by atoms with Crippen molar-refractivity contribution < 1.29 is 14.3 Å². The van der Waals surface area contributed by atoms with Crippen molar-refractivity contribution in [3.8, 4) is 17.2 Å². The average Bonchev–Trinajstić information content (AvgIpc) is 3.74. The Hall–Kier alpha value is -5.71. The molecule has 1 aliphatic carbocycles. The molecular weight excluding hydrogens is 622 g/mol. The summed E-state index contributed by atoms with van der Waals surface area (Å²) in [4.78, 5) is 43.3. The first kappa shape index (κ1) is 31.9. The maximum Gasteiger partial charge on any atom is 0.407 e. The van der Waals surface area contributed by atoms with Crippen LogP contribution in [0.25, 0.3) is 11.1 Å². The van der Waals surface area contributed by atoms with Crippen molar-refractivity contribution in [2.24, 2.45) is 7.05 Å². The number of urea groups is 1. The number of carbonyl (C=O) groups is 2. The SMILES string of the molecule is Cn1cc(-c2ccc(N(C(=O)NCc3ccccc3)[C@H]3CC[C@H](Nc4ncc(C#N)c(N5CCC6(CC5)CNC(=O)O6)n4)CC3)nc2)cn1. The van der Waals surface area contributed by atoms with Gasteiger partial charge in [0, 0.05) is 75.1 Å². The number of amides is 3. The topological polar surface area (TPSA) is 166 Å². The molecule has 5 heterocycles. The summed E-state index contributed by atoms with van der Waals surface area (Å²) in [7, 11) is 1.87. The molecule has 49 heavy (non-hydrogen) atoms. The summed E-state index contributed by atoms with van der Waals surface area (Å²) < 4.78 is 7.31. The fourth-order valence-electron chi connectivity index (χ4n) is 6.92. The van der Waals surface area contributed by atoms with Crippen molar-refractivity contribution in [2.75, 3.05) is 34.8 Å². The highest BCUT2D eigenvalue weighted by molar-refractivity contribution is 5.91. The van der Waals surface area contributed by atoms with E-state index in [-0.39, 0.29) is 24.2 Å². The molecule has 3 N–H and O–H groups in total. The lowest BCUT2D eigenvalue weighted by Crippen LogP contribution is -2.49. The van der Waals surface area contributed by atoms with Gasteiger partial charge < -0.3 is 25.6 Å². The Kier molecular flexibility index (Phi) is 8.97. The first-order valence-electron chi connectivity index (χ1n) is 16.7. The molecule has 7 rings (SSSR count). The summed E-state index contributed by atoms with van der Waals surface area (Å²) in [5, 5.41) is 23.4. The largest absolute Gasteiger partial charge is 0.441 e. The molecule has 1 spiro atoms. The lowest BCUT2D eigenvalue weighted by atomic mass is 9.90. The molecule has 0 radical (unpaired) electrons. The first-order chi connectivity index (χ1) is 23.9. The molecule has 3 aliphatic rings. The maximum absolute atomic E-state index is 13.8. The standard InChI is InChI=1S/C35H39N11O3/c1-44-22-27(21-41-44)25-7-12-30(37-19-25)46(33(47)39-18-24-5-3-2-4-6-24)29-10-8-28(9-11-29)42-32-38-20-26(17-36)31(43-32)45-15-13-35(14-16-45)23-40-34(48)49-35/h2-7,12,19-22,28-29H,8-11,13-16,18,23H2,1H3,(H,39,47)(H,40,48)(H,38,42,43)/t28-,29-. The van der Waals surface area contributed by atoms with Crippen molar-refractivity contribution in [2.45, 2.75) is 62.8 Å². The summed E-state index contributed by atoms with van der Waals surface area (Å²) in [6, 6.07) is 15.8. The van der Waals surface area contributed by atoms with Crippen molar-refractivity contribution >= 4 is 29.7 Å². The maximum atomic E-state index is 13.8. The number of rotatable bonds is 8. The molecule has 0 bridgehead atoms. The van der Waals surface area contributed by atoms with Crippen LogP contribution in [0.15, 0.2) is 67.3 Å². The van der Waals surface area contributed by atoms with Crippen LogP contribution < -0.4 is 25.8 Å². The number of pyridine rings is 1. The van der Waals surface area contributed by atoms with Crippen molar-refractivity contribution in [3.05, 3.63) is 78.4 Å². The second-order valence-electron chi connectivity index (χ2n) is 12.9. The lowest BCUT2D eigenvalue weighted by Gasteiger charge is -2.38. The van der Waals surface area contributed by atoms with Gasteiger partial charge in [0.05, 0.1) is 18.9 Å². The minimum atomic E-state index is -0.490. The number of alkyl carbamates (subject to hydrolysis) is 1. The number of nitrogens with one attached hydrogen (secondary N) is 3. The second kappa shape index (κ2) is 13.8. The zero-order valence-electron chi connectivity index (χ0n) is 27.4. The fourth-order valence-corrected chi connectivity index (χ4v) is 6.92. The van der Waals surface area contributed by atoms with Crippen LogP contribution in [-0.4, -0.2) is 74.2 Å². The number of aryl methyl sites for hydroxylation is 1. The molecule has 1 saturated carbocycles. The van der Waals surface area contributed by atoms with Gasteiger partial charge >= 0.3 is 12.1 Å². The molecule has 14 heteroatoms. The quantitative estimate of drug-likeness (QED) is 0.247. The smallest absolute Gasteiger partial charge is 0.407 e. The van der Waals surface area contributed by atoms with Crippen LogP contribution in [0.1, 0.15) is 49.7 Å². The Balaban J connectivity index is 1.02. The summed E-state index contributed by atoms with van der Waals surface area (Å²) in [6.45, 7) is 2.15. The van der Waals surface area contributed by atoms with E-state index in [0.29, 0.717) is 62.2 Å². The Bertz CT molecular complexity index is 1820. The number of carbonyl (C=O) groups excluding carboxylic acids is 2. The zero-order chi connectivity index (χ0) is 33.8. The van der Waals surface area contributed by atoms with Crippen LogP contribution >= 0.6 is 0 Å². The Morgan fingerprint density at radius 1 is 1.06 bits per heavy atom. The van der Waals surface area contributed by atoms with Gasteiger partial charge in [-0.25, -0.2) is 19.6 Å². The zero-order valence-corrected chi connectivity index (χ0v) is 27.4. The van der Waals surface area contributed by atoms with Gasteiger partial charge in [-0.15, -0.1) is 0 Å². The first-order valence-corrected chi connectivity index (χ1v) is 16.7. The third kappa shape index (κ3) is 7.11. The number of hydrogen-bond acceptors (Lipinski definition) is 10. The molecule has 2 aliphatic heterocycles. The molecule has 14 nitrogen and oxygen atoms in total. The van der Waals surface area contributed by atoms with Crippen LogP contribution in [0.4, 0.5) is 27.2 Å². The number of anilines is 3. The van der Waals surface area contributed by atoms with Gasteiger partial charge in [0.2, 0.25) is 5.95 Å². The molecule has 0 atom stereocenters. The van der Waals surface area contributed by atoms with Crippen molar-refractivity contribution in [1.29, 1.82) is 5.26 Å². The van der Waals surface area contributed by atoms with Crippen LogP contribution in [0.5, 0.6) is 0 Å². The fraction of sp³-hybridized carbons (Fsp3) is 0.400. The molecule has 3 amide bonds. The minimum Gasteiger partial charge on any atom is -0.441 e. The summed E-state index contributed by atoms with van der Waals surface area (Å²) >= 11 is 0. The Labute approximate surface area is 284 Å². The number of aromatic nitrogens is 5. The molecular formula is C35H39N11O3. The normalized spacial score (nSPS) is 19.8. The van der Waals surface area contributed by atoms with Gasteiger partial charge in [0.15, 0.2) is 5.82 Å². The van der Waals surface area contributed by atoms with Gasteiger partial charge in [-0.2, -0.15) is 15.3 Å². The highest BCUT2D eigenvalue weighted by atomic mass is 16.6. The van der Waals surface area contributed by atoms with Crippen molar-refractivity contribution in [3.63, 3.8) is 0 Å². The molecule has 252 valence electrons. The number of ether oxygens (including phenoxy) is 1. The number of nitriles is 1. The van der Waals surface area contributed by atoms with E-state index in [0.717, 1.165) is 42.4 Å². The third-order valence-corrected chi connectivity index (χ3v) is 9.66. The third-order valence-electron chi connectivity index (χ3n) is 9.66. The summed E-state index contributed by atoms with van der Waals surface area (Å²) in [5.74, 6) is 1.65. The van der Waals surface area contributed by atoms with Gasteiger partial charge in [0.1, 0.15) is 23.1 Å². The average molecular weight is 662 g/mol. The van der Waals surface area contributed by atoms with E-state index in [2.05, 4.69) is 37.0 Å². The molecule has 3 fully saturated rings. The molecule has 0 unspecified atom stereocenters. The van der Waals surface area contributed by atoms with Crippen LogP contribution in [0.2, 0.25) is 0 Å². The van der Waals surface area contributed by atoms with Gasteiger partial charge in [-0.1, -0.05) is 30.3 Å². The monoisotopic (exact) mass is 661 g/mol. The van der Waals surface area contributed by atoms with Crippen LogP contribution in [0, 0.1) is 11.3 Å². The molecule has 3 aromatic heterocycles. The number of piperidine rings is 1. The van der Waals surface area contributed by atoms with E-state index in [1.165, 1.54) is 0 Å². The van der Waals surface area contributed by atoms with Gasteiger partial charge in [-0.3, -0.25) is 9.58 Å². The van der Waals surface area contributed by atoms with Crippen LogP contribution in [-0.2, 0) is 18.3 Å². The van der Waals surface area contributed by atoms with Crippen LogP contribution in [0.3, 0.4) is 0 Å². The van der Waals surface area contributed by atoms with Gasteiger partial charge in [-0.05, 0) is 43.4 Å². The Morgan fingerprint density at radius 2 is 1.86 bits per heavy atom. The number of nitrogens with zero attached hydrogens (tertiary/aromatic N) is 8. The molecule has 4 aromatic rings.